The molecule has 0 fully saturated rings. The normalized spacial score (nSPS) is 9.56. The third kappa shape index (κ3) is 8.74. The van der Waals surface area contributed by atoms with Gasteiger partial charge in [-0.2, -0.15) is 0 Å². The number of hydrogen-bond donors (Lipinski definition) is 1. The average molecular weight is 252 g/mol. The molecule has 0 rings (SSSR count). The Hall–Kier alpha value is -0.540. The number of halogens is 1. The van der Waals surface area contributed by atoms with Crippen LogP contribution < -0.4 is 12.4 Å². The van der Waals surface area contributed by atoms with Crippen molar-refractivity contribution in [2.45, 2.75) is 34.6 Å². The smallest absolute Gasteiger partial charge is 0.330 e. The molecular formula is C12H26ClNO2. The van der Waals surface area contributed by atoms with Crippen LogP contribution in [0.25, 0.3) is 0 Å². The minimum absolute atomic E-state index is 0. The fourth-order valence-corrected chi connectivity index (χ4v) is 1.34. The molecule has 0 aromatic heterocycles. The van der Waals surface area contributed by atoms with Gasteiger partial charge in [-0.3, -0.25) is 0 Å². The van der Waals surface area contributed by atoms with Gasteiger partial charge in [-0.05, 0) is 34.6 Å². The van der Waals surface area contributed by atoms with Gasteiger partial charge in [-0.15, -0.1) is 0 Å². The monoisotopic (exact) mass is 251 g/mol. The number of quaternary nitrogens is 1. The molecule has 4 heteroatoms. The lowest BCUT2D eigenvalue weighted by Gasteiger charge is -2.34. The first-order valence-corrected chi connectivity index (χ1v) is 5.62. The van der Waals surface area contributed by atoms with E-state index >= 15 is 0 Å². The molecule has 0 aliphatic rings. The summed E-state index contributed by atoms with van der Waals surface area (Å²) in [5, 5.41) is 7.89. The molecule has 0 amide bonds. The Morgan fingerprint density at radius 3 is 1.25 bits per heavy atom. The van der Waals surface area contributed by atoms with Crippen molar-refractivity contribution in [2.75, 3.05) is 26.2 Å². The lowest BCUT2D eigenvalue weighted by Crippen LogP contribution is -3.00. The van der Waals surface area contributed by atoms with Crippen molar-refractivity contribution >= 4 is 5.97 Å². The SMILES string of the molecule is C=C(C)C(=O)O.CC[N+](CC)(CC)CC.[Cl-]. The standard InChI is InChI=1S/C8H20N.C4H6O2.ClH/c1-5-9(6-2,7-3)8-4;1-3(2)4(5)6;/h5-8H2,1-4H3;1H2,2H3,(H,5,6);1H/q+1;;/p-1. The van der Waals surface area contributed by atoms with Gasteiger partial charge in [0.1, 0.15) is 0 Å². The molecule has 0 unspecified atom stereocenters. The molecule has 0 aromatic carbocycles. The summed E-state index contributed by atoms with van der Waals surface area (Å²) in [5.41, 5.74) is 0.176. The van der Waals surface area contributed by atoms with Gasteiger partial charge in [0, 0.05) is 5.57 Å². The maximum atomic E-state index is 9.60. The average Bonchev–Trinajstić information content (AvgIpc) is 2.23. The van der Waals surface area contributed by atoms with Crippen LogP contribution in [0, 0.1) is 0 Å². The second-order valence-electron chi connectivity index (χ2n) is 3.69. The van der Waals surface area contributed by atoms with Crippen LogP contribution in [-0.4, -0.2) is 41.7 Å². The summed E-state index contributed by atoms with van der Waals surface area (Å²) >= 11 is 0. The molecule has 3 nitrogen and oxygen atoms in total. The Kier molecular flexibility index (Phi) is 14.3. The third-order valence-electron chi connectivity index (χ3n) is 3.05. The molecule has 0 saturated heterocycles. The quantitative estimate of drug-likeness (QED) is 0.530. The van der Waals surface area contributed by atoms with Crippen molar-refractivity contribution in [3.05, 3.63) is 12.2 Å². The maximum Gasteiger partial charge on any atom is 0.330 e. The van der Waals surface area contributed by atoms with Gasteiger partial charge in [-0.1, -0.05) is 6.58 Å². The number of hydrogen-bond acceptors (Lipinski definition) is 1. The van der Waals surface area contributed by atoms with E-state index in [-0.39, 0.29) is 18.0 Å². The predicted octanol–water partition coefficient (Wildman–Crippen LogP) is -0.466. The molecular weight excluding hydrogens is 226 g/mol. The van der Waals surface area contributed by atoms with Gasteiger partial charge in [0.25, 0.3) is 0 Å². The minimum Gasteiger partial charge on any atom is -1.00 e. The summed E-state index contributed by atoms with van der Waals surface area (Å²) in [4.78, 5) is 9.60. The van der Waals surface area contributed by atoms with E-state index in [0.717, 1.165) is 0 Å². The zero-order valence-electron chi connectivity index (χ0n) is 11.2. The molecule has 0 spiro atoms. The Balaban J connectivity index is -0.000000214. The largest absolute Gasteiger partial charge is 1.00 e. The first kappa shape index (κ1) is 20.8. The second kappa shape index (κ2) is 11.0. The van der Waals surface area contributed by atoms with E-state index in [1.807, 2.05) is 0 Å². The van der Waals surface area contributed by atoms with Crippen LogP contribution >= 0.6 is 0 Å². The highest BCUT2D eigenvalue weighted by atomic mass is 35.5. The van der Waals surface area contributed by atoms with Crippen molar-refractivity contribution in [2.24, 2.45) is 0 Å². The fraction of sp³-hybridized carbons (Fsp3) is 0.750. The number of carboxylic acid groups (broad SMARTS) is 1. The highest BCUT2D eigenvalue weighted by molar-refractivity contribution is 5.84. The zero-order valence-corrected chi connectivity index (χ0v) is 12.0. The highest BCUT2D eigenvalue weighted by Gasteiger charge is 2.16. The summed E-state index contributed by atoms with van der Waals surface area (Å²) in [6, 6.07) is 0. The summed E-state index contributed by atoms with van der Waals surface area (Å²) in [6.07, 6.45) is 0. The molecule has 16 heavy (non-hydrogen) atoms. The van der Waals surface area contributed by atoms with Crippen molar-refractivity contribution in [1.82, 2.24) is 0 Å². The van der Waals surface area contributed by atoms with E-state index in [1.165, 1.54) is 37.6 Å². The molecule has 0 atom stereocenters. The van der Waals surface area contributed by atoms with Crippen LogP contribution in [0.5, 0.6) is 0 Å². The first-order chi connectivity index (χ1) is 6.89. The van der Waals surface area contributed by atoms with Crippen LogP contribution in [0.4, 0.5) is 0 Å². The zero-order chi connectivity index (χ0) is 12.5. The summed E-state index contributed by atoms with van der Waals surface area (Å²) < 4.78 is 1.28. The molecule has 0 saturated carbocycles. The number of nitrogens with zero attached hydrogens (tertiary/aromatic N) is 1. The van der Waals surface area contributed by atoms with Gasteiger partial charge >= 0.3 is 5.97 Å². The Morgan fingerprint density at radius 2 is 1.25 bits per heavy atom. The Morgan fingerprint density at radius 1 is 1.06 bits per heavy atom. The summed E-state index contributed by atoms with van der Waals surface area (Å²) in [6.45, 7) is 18.8. The van der Waals surface area contributed by atoms with Crippen LogP contribution in [0.15, 0.2) is 12.2 Å². The van der Waals surface area contributed by atoms with E-state index < -0.39 is 5.97 Å². The van der Waals surface area contributed by atoms with Gasteiger partial charge < -0.3 is 22.0 Å². The summed E-state index contributed by atoms with van der Waals surface area (Å²) in [5.74, 6) is -0.935. The molecule has 0 radical (unpaired) electrons. The maximum absolute atomic E-state index is 9.60. The fourth-order valence-electron chi connectivity index (χ4n) is 1.34. The predicted molar refractivity (Wildman–Crippen MR) is 64.9 cm³/mol. The minimum atomic E-state index is -0.935. The van der Waals surface area contributed by atoms with Crippen LogP contribution in [0.3, 0.4) is 0 Å². The van der Waals surface area contributed by atoms with Gasteiger partial charge in [0.2, 0.25) is 0 Å². The number of carboxylic acids is 1. The van der Waals surface area contributed by atoms with Crippen molar-refractivity contribution < 1.29 is 26.8 Å². The van der Waals surface area contributed by atoms with Crippen molar-refractivity contribution in [3.8, 4) is 0 Å². The second-order valence-corrected chi connectivity index (χ2v) is 3.69. The van der Waals surface area contributed by atoms with E-state index in [4.69, 9.17) is 5.11 Å². The van der Waals surface area contributed by atoms with Crippen molar-refractivity contribution in [1.29, 1.82) is 0 Å². The molecule has 0 heterocycles. The van der Waals surface area contributed by atoms with E-state index in [2.05, 4.69) is 34.3 Å². The molecule has 98 valence electrons. The number of aliphatic carboxylic acids is 1. The van der Waals surface area contributed by atoms with E-state index in [1.54, 1.807) is 0 Å². The number of rotatable bonds is 5. The topological polar surface area (TPSA) is 37.3 Å². The molecule has 0 aromatic rings. The summed E-state index contributed by atoms with van der Waals surface area (Å²) in [7, 11) is 0. The highest BCUT2D eigenvalue weighted by Crippen LogP contribution is 2.03. The molecule has 0 aliphatic heterocycles. The lowest BCUT2D eigenvalue weighted by molar-refractivity contribution is -0.921. The lowest BCUT2D eigenvalue weighted by atomic mass is 10.3. The van der Waals surface area contributed by atoms with Crippen LogP contribution in [0.2, 0.25) is 0 Å². The van der Waals surface area contributed by atoms with Crippen LogP contribution in [-0.2, 0) is 4.79 Å². The van der Waals surface area contributed by atoms with E-state index in [0.29, 0.717) is 0 Å². The van der Waals surface area contributed by atoms with E-state index in [9.17, 15) is 4.79 Å². The van der Waals surface area contributed by atoms with Gasteiger partial charge in [0.15, 0.2) is 0 Å². The Labute approximate surface area is 106 Å². The van der Waals surface area contributed by atoms with Gasteiger partial charge in [-0.25, -0.2) is 4.79 Å². The van der Waals surface area contributed by atoms with Gasteiger partial charge in [0.05, 0.1) is 26.2 Å². The molecule has 1 N–H and O–H groups in total. The van der Waals surface area contributed by atoms with Crippen molar-refractivity contribution in [3.63, 3.8) is 0 Å². The molecule has 0 aliphatic carbocycles. The first-order valence-electron chi connectivity index (χ1n) is 5.62. The van der Waals surface area contributed by atoms with Crippen LogP contribution in [0.1, 0.15) is 34.6 Å². The Bertz CT molecular complexity index is 172. The third-order valence-corrected chi connectivity index (χ3v) is 3.05. The number of carbonyl (C=O) groups is 1. The molecule has 0 bridgehead atoms.